The molecule has 0 unspecified atom stereocenters. The lowest BCUT2D eigenvalue weighted by Gasteiger charge is -2.16. The Labute approximate surface area is 123 Å². The minimum atomic E-state index is -2.85. The van der Waals surface area contributed by atoms with Crippen molar-refractivity contribution in [2.75, 3.05) is 11.5 Å². The molecule has 0 saturated heterocycles. The van der Waals surface area contributed by atoms with Crippen LogP contribution in [0.15, 0.2) is 57.9 Å². The molecule has 2 aromatic carbocycles. The van der Waals surface area contributed by atoms with Gasteiger partial charge in [-0.3, -0.25) is 0 Å². The fourth-order valence-corrected chi connectivity index (χ4v) is 3.17. The fraction of sp³-hybridized carbons (Fsp3) is 0.143. The summed E-state index contributed by atoms with van der Waals surface area (Å²) >= 11 is 4.43. The first-order chi connectivity index (χ1) is 8.99. The van der Waals surface area contributed by atoms with Crippen LogP contribution in [0.4, 0.5) is 14.5 Å². The van der Waals surface area contributed by atoms with E-state index in [0.29, 0.717) is 5.69 Å². The van der Waals surface area contributed by atoms with Crippen molar-refractivity contribution >= 4 is 33.4 Å². The molecular formula is C14H12BrF2NS. The van der Waals surface area contributed by atoms with Crippen LogP contribution in [0.5, 0.6) is 0 Å². The van der Waals surface area contributed by atoms with Gasteiger partial charge >= 0.3 is 0 Å². The van der Waals surface area contributed by atoms with E-state index in [9.17, 15) is 8.78 Å². The predicted molar refractivity (Wildman–Crippen MR) is 79.6 cm³/mol. The highest BCUT2D eigenvalue weighted by Gasteiger charge is 2.31. The summed E-state index contributed by atoms with van der Waals surface area (Å²) in [6.07, 6.45) is 0. The zero-order valence-electron chi connectivity index (χ0n) is 9.95. The van der Waals surface area contributed by atoms with E-state index in [4.69, 9.17) is 5.73 Å². The van der Waals surface area contributed by atoms with Gasteiger partial charge in [0.1, 0.15) is 0 Å². The van der Waals surface area contributed by atoms with Crippen LogP contribution in [0.3, 0.4) is 0 Å². The van der Waals surface area contributed by atoms with E-state index in [1.807, 2.05) is 0 Å². The first kappa shape index (κ1) is 14.3. The average molecular weight is 344 g/mol. The maximum atomic E-state index is 14.0. The average Bonchev–Trinajstić information content (AvgIpc) is 2.39. The molecule has 0 fully saturated rings. The molecule has 0 amide bonds. The summed E-state index contributed by atoms with van der Waals surface area (Å²) in [5, 5.41) is 0. The first-order valence-corrected chi connectivity index (χ1v) is 7.38. The Morgan fingerprint density at radius 3 is 2.42 bits per heavy atom. The lowest BCUT2D eigenvalue weighted by atomic mass is 10.1. The lowest BCUT2D eigenvalue weighted by molar-refractivity contribution is 0.0232. The van der Waals surface area contributed by atoms with Crippen molar-refractivity contribution in [1.82, 2.24) is 0 Å². The standard InChI is InChI=1S/C14H12BrF2NS/c15-12-8-11(18)6-7-13(12)19-9-14(16,17)10-4-2-1-3-5-10/h1-8H,9,18H2. The molecule has 0 saturated carbocycles. The summed E-state index contributed by atoms with van der Waals surface area (Å²) in [4.78, 5) is 0.754. The molecule has 2 rings (SSSR count). The fourth-order valence-electron chi connectivity index (χ4n) is 1.57. The molecule has 0 aromatic heterocycles. The highest BCUT2D eigenvalue weighted by Crippen LogP contribution is 2.37. The van der Waals surface area contributed by atoms with Gasteiger partial charge in [0, 0.05) is 20.6 Å². The van der Waals surface area contributed by atoms with Gasteiger partial charge in [0.2, 0.25) is 0 Å². The zero-order valence-corrected chi connectivity index (χ0v) is 12.3. The van der Waals surface area contributed by atoms with E-state index in [1.54, 1.807) is 36.4 Å². The first-order valence-electron chi connectivity index (χ1n) is 5.60. The Hall–Kier alpha value is -1.07. The Kier molecular flexibility index (Phi) is 4.47. The van der Waals surface area contributed by atoms with Gasteiger partial charge in [-0.05, 0) is 34.1 Å². The number of anilines is 1. The molecule has 0 aliphatic carbocycles. The number of nitrogen functional groups attached to an aromatic ring is 1. The van der Waals surface area contributed by atoms with E-state index in [0.717, 1.165) is 21.1 Å². The van der Waals surface area contributed by atoms with E-state index in [2.05, 4.69) is 15.9 Å². The van der Waals surface area contributed by atoms with Gasteiger partial charge in [-0.2, -0.15) is 0 Å². The van der Waals surface area contributed by atoms with Crippen molar-refractivity contribution in [3.8, 4) is 0 Å². The van der Waals surface area contributed by atoms with Gasteiger partial charge in [0.15, 0.2) is 0 Å². The summed E-state index contributed by atoms with van der Waals surface area (Å²) in [7, 11) is 0. The van der Waals surface area contributed by atoms with Crippen molar-refractivity contribution < 1.29 is 8.78 Å². The van der Waals surface area contributed by atoms with Crippen molar-refractivity contribution in [2.24, 2.45) is 0 Å². The Bertz CT molecular complexity index is 561. The largest absolute Gasteiger partial charge is 0.399 e. The summed E-state index contributed by atoms with van der Waals surface area (Å²) < 4.78 is 28.7. The Balaban J connectivity index is 2.09. The maximum Gasteiger partial charge on any atom is 0.282 e. The van der Waals surface area contributed by atoms with Gasteiger partial charge in [-0.1, -0.05) is 30.3 Å². The second-order valence-corrected chi connectivity index (χ2v) is 5.92. The molecule has 5 heteroatoms. The summed E-state index contributed by atoms with van der Waals surface area (Å²) in [6.45, 7) is 0. The van der Waals surface area contributed by atoms with Crippen LogP contribution in [-0.4, -0.2) is 5.75 Å². The van der Waals surface area contributed by atoms with E-state index >= 15 is 0 Å². The van der Waals surface area contributed by atoms with Crippen LogP contribution in [0, 0.1) is 0 Å². The molecule has 0 aliphatic heterocycles. The van der Waals surface area contributed by atoms with E-state index < -0.39 is 5.92 Å². The Morgan fingerprint density at radius 1 is 1.11 bits per heavy atom. The summed E-state index contributed by atoms with van der Waals surface area (Å²) in [6, 6.07) is 13.0. The summed E-state index contributed by atoms with van der Waals surface area (Å²) in [5.41, 5.74) is 6.25. The number of nitrogens with two attached hydrogens (primary N) is 1. The highest BCUT2D eigenvalue weighted by molar-refractivity contribution is 9.10. The van der Waals surface area contributed by atoms with Crippen LogP contribution >= 0.6 is 27.7 Å². The molecule has 0 aliphatic rings. The third kappa shape index (κ3) is 3.70. The molecule has 19 heavy (non-hydrogen) atoms. The highest BCUT2D eigenvalue weighted by atomic mass is 79.9. The number of thioether (sulfide) groups is 1. The number of rotatable bonds is 4. The smallest absolute Gasteiger partial charge is 0.282 e. The van der Waals surface area contributed by atoms with Gasteiger partial charge in [0.25, 0.3) is 5.92 Å². The molecule has 0 radical (unpaired) electrons. The molecule has 0 atom stereocenters. The molecule has 0 heterocycles. The maximum absolute atomic E-state index is 14.0. The number of halogens is 3. The van der Waals surface area contributed by atoms with Crippen LogP contribution in [0.1, 0.15) is 5.56 Å². The topological polar surface area (TPSA) is 26.0 Å². The molecule has 2 aromatic rings. The number of hydrogen-bond acceptors (Lipinski definition) is 2. The second kappa shape index (κ2) is 5.92. The van der Waals surface area contributed by atoms with Crippen LogP contribution < -0.4 is 5.73 Å². The van der Waals surface area contributed by atoms with Gasteiger partial charge in [-0.15, -0.1) is 11.8 Å². The van der Waals surface area contributed by atoms with Crippen molar-refractivity contribution in [2.45, 2.75) is 10.8 Å². The third-order valence-corrected chi connectivity index (χ3v) is 4.65. The zero-order chi connectivity index (χ0) is 13.9. The minimum absolute atomic E-state index is 0.0362. The molecule has 1 nitrogen and oxygen atoms in total. The van der Waals surface area contributed by atoms with E-state index in [-0.39, 0.29) is 11.3 Å². The van der Waals surface area contributed by atoms with Crippen LogP contribution in [0.25, 0.3) is 0 Å². The normalized spacial score (nSPS) is 11.5. The second-order valence-electron chi connectivity index (χ2n) is 4.05. The van der Waals surface area contributed by atoms with Crippen molar-refractivity contribution in [3.05, 3.63) is 58.6 Å². The number of benzene rings is 2. The lowest BCUT2D eigenvalue weighted by Crippen LogP contribution is -2.16. The van der Waals surface area contributed by atoms with Crippen LogP contribution in [-0.2, 0) is 5.92 Å². The predicted octanol–water partition coefficient (Wildman–Crippen LogP) is 4.92. The Morgan fingerprint density at radius 2 is 1.79 bits per heavy atom. The molecular weight excluding hydrogens is 332 g/mol. The molecule has 0 spiro atoms. The number of hydrogen-bond donors (Lipinski definition) is 1. The van der Waals surface area contributed by atoms with Crippen molar-refractivity contribution in [1.29, 1.82) is 0 Å². The number of alkyl halides is 2. The quantitative estimate of drug-likeness (QED) is 0.630. The monoisotopic (exact) mass is 343 g/mol. The third-order valence-electron chi connectivity index (χ3n) is 2.56. The molecule has 0 bridgehead atoms. The van der Waals surface area contributed by atoms with Gasteiger partial charge in [-0.25, -0.2) is 8.78 Å². The molecule has 2 N–H and O–H groups in total. The van der Waals surface area contributed by atoms with Gasteiger partial charge in [0.05, 0.1) is 5.75 Å². The SMILES string of the molecule is Nc1ccc(SCC(F)(F)c2ccccc2)c(Br)c1. The summed E-state index contributed by atoms with van der Waals surface area (Å²) in [5.74, 6) is -3.16. The minimum Gasteiger partial charge on any atom is -0.399 e. The van der Waals surface area contributed by atoms with Gasteiger partial charge < -0.3 is 5.73 Å². The molecule has 100 valence electrons. The van der Waals surface area contributed by atoms with Crippen molar-refractivity contribution in [3.63, 3.8) is 0 Å². The van der Waals surface area contributed by atoms with Crippen LogP contribution in [0.2, 0.25) is 0 Å². The van der Waals surface area contributed by atoms with E-state index in [1.165, 1.54) is 12.1 Å².